The number of carbonyl (C=O) groups excluding carboxylic acids is 1. The summed E-state index contributed by atoms with van der Waals surface area (Å²) in [4.78, 5) is 21.6. The first kappa shape index (κ1) is 17.5. The van der Waals surface area contributed by atoms with Gasteiger partial charge in [-0.3, -0.25) is 4.79 Å². The summed E-state index contributed by atoms with van der Waals surface area (Å²) in [6.07, 6.45) is 5.21. The minimum atomic E-state index is -0.248. The number of aliphatic imine (C=N–C) groups is 1. The van der Waals surface area contributed by atoms with Crippen LogP contribution in [0.2, 0.25) is 0 Å². The third-order valence-electron chi connectivity index (χ3n) is 3.79. The maximum atomic E-state index is 12.1. The van der Waals surface area contributed by atoms with Gasteiger partial charge >= 0.3 is 0 Å². The molecule has 1 N–H and O–H groups in total. The number of rotatable bonds is 4. The molecule has 0 bridgehead atoms. The summed E-state index contributed by atoms with van der Waals surface area (Å²) in [6, 6.07) is 19.3. The van der Waals surface area contributed by atoms with Gasteiger partial charge in [-0.25, -0.2) is 9.98 Å². The number of benzene rings is 2. The Balaban J connectivity index is 1.50. The van der Waals surface area contributed by atoms with E-state index in [0.717, 1.165) is 16.1 Å². The molecule has 1 aliphatic heterocycles. The standard InChI is InChI=1S/C21H14N2O2S2/c24-18-16(26-20(22-18)14-8-3-1-4-9-14)12-7-13-17-19(25)23-21(27-17)15-10-5-2-6-11-15/h1-13,24H/b12-7?,17-13+. The molecule has 0 unspecified atom stereocenters. The van der Waals surface area contributed by atoms with Crippen molar-refractivity contribution in [2.45, 2.75) is 0 Å². The second-order valence-corrected chi connectivity index (χ2v) is 7.71. The Labute approximate surface area is 164 Å². The number of hydrogen-bond donors (Lipinski definition) is 1. The smallest absolute Gasteiger partial charge is 0.284 e. The van der Waals surface area contributed by atoms with Crippen molar-refractivity contribution >= 4 is 40.1 Å². The fraction of sp³-hybridized carbons (Fsp3) is 0. The van der Waals surface area contributed by atoms with Gasteiger partial charge in [0.25, 0.3) is 5.91 Å². The minimum absolute atomic E-state index is 0.0138. The van der Waals surface area contributed by atoms with E-state index in [2.05, 4.69) is 9.98 Å². The van der Waals surface area contributed by atoms with Crippen LogP contribution in [0.5, 0.6) is 5.88 Å². The van der Waals surface area contributed by atoms with E-state index in [0.29, 0.717) is 14.8 Å². The van der Waals surface area contributed by atoms with Gasteiger partial charge in [-0.1, -0.05) is 78.5 Å². The molecule has 2 heterocycles. The average Bonchev–Trinajstić information content (AvgIpc) is 3.26. The highest BCUT2D eigenvalue weighted by atomic mass is 32.2. The molecule has 1 aromatic heterocycles. The first-order valence-electron chi connectivity index (χ1n) is 8.20. The van der Waals surface area contributed by atoms with E-state index in [4.69, 9.17) is 0 Å². The Morgan fingerprint density at radius 3 is 2.30 bits per heavy atom. The Hall–Kier alpha value is -2.96. The van der Waals surface area contributed by atoms with E-state index in [1.165, 1.54) is 23.1 Å². The lowest BCUT2D eigenvalue weighted by Crippen LogP contribution is -1.89. The molecule has 0 spiro atoms. The molecule has 27 heavy (non-hydrogen) atoms. The van der Waals surface area contributed by atoms with Crippen LogP contribution in [0.4, 0.5) is 0 Å². The van der Waals surface area contributed by atoms with Crippen molar-refractivity contribution in [2.75, 3.05) is 0 Å². The Morgan fingerprint density at radius 2 is 1.59 bits per heavy atom. The van der Waals surface area contributed by atoms with Gasteiger partial charge in [-0.2, -0.15) is 0 Å². The van der Waals surface area contributed by atoms with Gasteiger partial charge in [-0.15, -0.1) is 11.3 Å². The molecule has 0 atom stereocenters. The summed E-state index contributed by atoms with van der Waals surface area (Å²) in [7, 11) is 0. The van der Waals surface area contributed by atoms with Gasteiger partial charge < -0.3 is 5.11 Å². The topological polar surface area (TPSA) is 62.5 Å². The van der Waals surface area contributed by atoms with Gasteiger partial charge in [-0.05, 0) is 12.2 Å². The van der Waals surface area contributed by atoms with E-state index in [1.54, 1.807) is 18.2 Å². The highest BCUT2D eigenvalue weighted by molar-refractivity contribution is 8.19. The van der Waals surface area contributed by atoms with E-state index >= 15 is 0 Å². The second kappa shape index (κ2) is 7.73. The van der Waals surface area contributed by atoms with Crippen molar-refractivity contribution in [1.82, 2.24) is 4.98 Å². The summed E-state index contributed by atoms with van der Waals surface area (Å²) >= 11 is 2.74. The van der Waals surface area contributed by atoms with E-state index < -0.39 is 0 Å². The van der Waals surface area contributed by atoms with Gasteiger partial charge in [0, 0.05) is 11.1 Å². The van der Waals surface area contributed by atoms with Crippen LogP contribution in [0.3, 0.4) is 0 Å². The Bertz CT molecular complexity index is 1070. The van der Waals surface area contributed by atoms with Gasteiger partial charge in [0.2, 0.25) is 5.88 Å². The monoisotopic (exact) mass is 390 g/mol. The minimum Gasteiger partial charge on any atom is -0.492 e. The number of nitrogens with zero attached hydrogens (tertiary/aromatic N) is 2. The first-order valence-corrected chi connectivity index (χ1v) is 9.84. The quantitative estimate of drug-likeness (QED) is 0.627. The van der Waals surface area contributed by atoms with Crippen LogP contribution >= 0.6 is 23.1 Å². The summed E-state index contributed by atoms with van der Waals surface area (Å²) in [6.45, 7) is 0. The van der Waals surface area contributed by atoms with Crippen LogP contribution in [0.25, 0.3) is 16.6 Å². The van der Waals surface area contributed by atoms with Crippen molar-refractivity contribution in [3.63, 3.8) is 0 Å². The van der Waals surface area contributed by atoms with Crippen LogP contribution in [-0.4, -0.2) is 21.0 Å². The number of aromatic nitrogens is 1. The lowest BCUT2D eigenvalue weighted by atomic mass is 10.2. The van der Waals surface area contributed by atoms with Gasteiger partial charge in [0.1, 0.15) is 10.1 Å². The van der Waals surface area contributed by atoms with Crippen molar-refractivity contribution in [3.05, 3.63) is 88.2 Å². The maximum Gasteiger partial charge on any atom is 0.284 e. The molecule has 4 nitrogen and oxygen atoms in total. The third kappa shape index (κ3) is 3.92. The molecule has 0 saturated heterocycles. The molecule has 0 fully saturated rings. The molecular weight excluding hydrogens is 376 g/mol. The number of hydrogen-bond acceptors (Lipinski definition) is 5. The lowest BCUT2D eigenvalue weighted by Gasteiger charge is -1.96. The molecule has 1 amide bonds. The predicted molar refractivity (Wildman–Crippen MR) is 112 cm³/mol. The summed E-state index contributed by atoms with van der Waals surface area (Å²) in [5.41, 5.74) is 1.88. The second-order valence-electron chi connectivity index (χ2n) is 5.65. The molecule has 0 aliphatic carbocycles. The molecule has 0 saturated carbocycles. The molecule has 4 rings (SSSR count). The molecule has 2 aromatic carbocycles. The number of allylic oxidation sites excluding steroid dienone is 2. The number of carbonyl (C=O) groups is 1. The van der Waals surface area contributed by atoms with Crippen LogP contribution in [0.15, 0.2) is 82.7 Å². The number of amides is 1. The predicted octanol–water partition coefficient (Wildman–Crippen LogP) is 5.13. The Morgan fingerprint density at radius 1 is 0.926 bits per heavy atom. The molecule has 132 valence electrons. The zero-order chi connectivity index (χ0) is 18.6. The highest BCUT2D eigenvalue weighted by Gasteiger charge is 2.22. The zero-order valence-electron chi connectivity index (χ0n) is 14.1. The normalized spacial score (nSPS) is 15.6. The van der Waals surface area contributed by atoms with E-state index in [1.807, 2.05) is 60.7 Å². The summed E-state index contributed by atoms with van der Waals surface area (Å²) in [5, 5.41) is 11.5. The first-order chi connectivity index (χ1) is 13.2. The van der Waals surface area contributed by atoms with Crippen molar-refractivity contribution in [2.24, 2.45) is 4.99 Å². The van der Waals surface area contributed by atoms with Crippen LogP contribution in [0.1, 0.15) is 10.4 Å². The number of aromatic hydroxyl groups is 1. The van der Waals surface area contributed by atoms with Crippen LogP contribution < -0.4 is 0 Å². The summed E-state index contributed by atoms with van der Waals surface area (Å²) in [5.74, 6) is -0.262. The van der Waals surface area contributed by atoms with Crippen LogP contribution in [0, 0.1) is 0 Å². The van der Waals surface area contributed by atoms with E-state index in [9.17, 15) is 9.90 Å². The summed E-state index contributed by atoms with van der Waals surface area (Å²) < 4.78 is 0. The molecule has 1 aliphatic rings. The largest absolute Gasteiger partial charge is 0.492 e. The van der Waals surface area contributed by atoms with Crippen molar-refractivity contribution < 1.29 is 9.90 Å². The van der Waals surface area contributed by atoms with Gasteiger partial charge in [0.05, 0.1) is 9.78 Å². The molecule has 3 aromatic rings. The molecule has 6 heteroatoms. The number of thioether (sulfide) groups is 1. The SMILES string of the molecule is O=C1N=C(c2ccccc2)S/C1=C/C=Cc1sc(-c2ccccc2)nc1O. The van der Waals surface area contributed by atoms with Crippen molar-refractivity contribution in [1.29, 1.82) is 0 Å². The van der Waals surface area contributed by atoms with Crippen LogP contribution in [-0.2, 0) is 4.79 Å². The molecular formula is C21H14N2O2S2. The third-order valence-corrected chi connectivity index (χ3v) is 5.90. The Kier molecular flexibility index (Phi) is 5.00. The average molecular weight is 390 g/mol. The zero-order valence-corrected chi connectivity index (χ0v) is 15.7. The fourth-order valence-corrected chi connectivity index (χ4v) is 4.24. The lowest BCUT2D eigenvalue weighted by molar-refractivity contribution is -0.113. The number of thiazole rings is 1. The van der Waals surface area contributed by atoms with Gasteiger partial charge in [0.15, 0.2) is 0 Å². The maximum absolute atomic E-state index is 12.1. The molecule has 0 radical (unpaired) electrons. The fourth-order valence-electron chi connectivity index (χ4n) is 2.49. The van der Waals surface area contributed by atoms with E-state index in [-0.39, 0.29) is 11.8 Å². The van der Waals surface area contributed by atoms with Crippen molar-refractivity contribution in [3.8, 4) is 16.5 Å². The highest BCUT2D eigenvalue weighted by Crippen LogP contribution is 2.33.